The molecule has 0 bridgehead atoms. The van der Waals surface area contributed by atoms with Crippen LogP contribution >= 0.6 is 0 Å². The Labute approximate surface area is 44.6 Å². The lowest BCUT2D eigenvalue weighted by Gasteiger charge is -2.07. The second-order valence-corrected chi connectivity index (χ2v) is 1.89. The maximum Gasteiger partial charge on any atom is 0.0173 e. The van der Waals surface area contributed by atoms with Crippen LogP contribution in [-0.4, -0.2) is 18.0 Å². The van der Waals surface area contributed by atoms with E-state index in [1.807, 2.05) is 0 Å². The molecule has 1 fully saturated rings. The average Bonchev–Trinajstić information content (AvgIpc) is 2.14. The van der Waals surface area contributed by atoms with Crippen LogP contribution in [0.5, 0.6) is 0 Å². The molecule has 1 saturated heterocycles. The van der Waals surface area contributed by atoms with E-state index in [0.29, 0.717) is 0 Å². The number of hydrogen-bond donors (Lipinski definition) is 0. The minimum Gasteiger partial charge on any atom is -0.377 e. The van der Waals surface area contributed by atoms with Crippen molar-refractivity contribution >= 4 is 0 Å². The van der Waals surface area contributed by atoms with Crippen LogP contribution < -0.4 is 0 Å². The van der Waals surface area contributed by atoms with Crippen LogP contribution in [-0.2, 0) is 0 Å². The van der Waals surface area contributed by atoms with Crippen molar-refractivity contribution in [2.24, 2.45) is 0 Å². The zero-order chi connectivity index (χ0) is 5.11. The summed E-state index contributed by atoms with van der Waals surface area (Å²) in [7, 11) is 0. The van der Waals surface area contributed by atoms with E-state index < -0.39 is 0 Å². The molecule has 0 aromatic heterocycles. The van der Waals surface area contributed by atoms with Crippen molar-refractivity contribution in [3.8, 4) is 0 Å². The van der Waals surface area contributed by atoms with Crippen LogP contribution in [0.4, 0.5) is 0 Å². The quantitative estimate of drug-likeness (QED) is 0.471. The van der Waals surface area contributed by atoms with Gasteiger partial charge in [-0.3, -0.25) is 0 Å². The van der Waals surface area contributed by atoms with Gasteiger partial charge in [-0.1, -0.05) is 0 Å². The number of likely N-dealkylation sites (tertiary alicyclic amines) is 1. The van der Waals surface area contributed by atoms with Crippen LogP contribution in [0, 0.1) is 6.58 Å². The summed E-state index contributed by atoms with van der Waals surface area (Å²) in [5.74, 6) is 0. The number of hydrogen-bond acceptors (Lipinski definition) is 1. The van der Waals surface area contributed by atoms with Crippen molar-refractivity contribution in [3.63, 3.8) is 0 Å². The van der Waals surface area contributed by atoms with Crippen molar-refractivity contribution in [2.45, 2.75) is 12.8 Å². The Kier molecular flexibility index (Phi) is 1.35. The molecule has 0 spiro atoms. The first-order valence-corrected chi connectivity index (χ1v) is 2.72. The van der Waals surface area contributed by atoms with E-state index in [1.54, 1.807) is 6.20 Å². The fourth-order valence-electron chi connectivity index (χ4n) is 0.891. The van der Waals surface area contributed by atoms with Gasteiger partial charge in [0.05, 0.1) is 0 Å². The third kappa shape index (κ3) is 0.952. The van der Waals surface area contributed by atoms with E-state index in [9.17, 15) is 0 Å². The highest BCUT2D eigenvalue weighted by molar-refractivity contribution is 4.73. The standard InChI is InChI=1S/C6H10N/c1-2-7-5-3-4-6-7/h1-2H,3-6H2. The summed E-state index contributed by atoms with van der Waals surface area (Å²) < 4.78 is 0. The Morgan fingerprint density at radius 1 is 1.29 bits per heavy atom. The second kappa shape index (κ2) is 2.01. The zero-order valence-electron chi connectivity index (χ0n) is 4.43. The Hall–Kier alpha value is -0.460. The van der Waals surface area contributed by atoms with Crippen LogP contribution in [0.1, 0.15) is 12.8 Å². The summed E-state index contributed by atoms with van der Waals surface area (Å²) in [4.78, 5) is 2.14. The molecule has 0 atom stereocenters. The lowest BCUT2D eigenvalue weighted by molar-refractivity contribution is 0.468. The number of nitrogens with zero attached hydrogens (tertiary/aromatic N) is 1. The largest absolute Gasteiger partial charge is 0.377 e. The molecular weight excluding hydrogens is 86.1 g/mol. The van der Waals surface area contributed by atoms with Crippen LogP contribution in [0.3, 0.4) is 0 Å². The highest BCUT2D eigenvalue weighted by atomic mass is 15.1. The lowest BCUT2D eigenvalue weighted by atomic mass is 10.4. The van der Waals surface area contributed by atoms with Gasteiger partial charge < -0.3 is 4.90 Å². The third-order valence-electron chi connectivity index (χ3n) is 1.35. The third-order valence-corrected chi connectivity index (χ3v) is 1.35. The van der Waals surface area contributed by atoms with Gasteiger partial charge in [-0.05, 0) is 25.6 Å². The second-order valence-electron chi connectivity index (χ2n) is 1.89. The van der Waals surface area contributed by atoms with E-state index in [0.717, 1.165) is 13.1 Å². The molecule has 1 rings (SSSR count). The molecule has 0 saturated carbocycles. The summed E-state index contributed by atoms with van der Waals surface area (Å²) in [6.07, 6.45) is 4.30. The maximum absolute atomic E-state index is 5.23. The van der Waals surface area contributed by atoms with Gasteiger partial charge >= 0.3 is 0 Å². The van der Waals surface area contributed by atoms with E-state index in [2.05, 4.69) is 4.90 Å². The molecule has 1 aliphatic rings. The fourth-order valence-corrected chi connectivity index (χ4v) is 0.891. The van der Waals surface area contributed by atoms with E-state index in [-0.39, 0.29) is 0 Å². The topological polar surface area (TPSA) is 3.24 Å². The first kappa shape index (κ1) is 4.69. The van der Waals surface area contributed by atoms with Crippen LogP contribution in [0.25, 0.3) is 0 Å². The summed E-state index contributed by atoms with van der Waals surface area (Å²) in [6.45, 7) is 7.56. The first-order valence-electron chi connectivity index (χ1n) is 2.72. The smallest absolute Gasteiger partial charge is 0.0173 e. The van der Waals surface area contributed by atoms with Gasteiger partial charge in [0, 0.05) is 13.1 Å². The van der Waals surface area contributed by atoms with Crippen molar-refractivity contribution in [1.29, 1.82) is 0 Å². The monoisotopic (exact) mass is 96.1 g/mol. The average molecular weight is 96.2 g/mol. The number of rotatable bonds is 1. The minimum atomic E-state index is 1.16. The molecule has 7 heavy (non-hydrogen) atoms. The predicted molar refractivity (Wildman–Crippen MR) is 29.7 cm³/mol. The molecule has 0 N–H and O–H groups in total. The van der Waals surface area contributed by atoms with Gasteiger partial charge in [-0.25, -0.2) is 0 Å². The first-order chi connectivity index (χ1) is 3.43. The summed E-state index contributed by atoms with van der Waals surface area (Å²) in [6, 6.07) is 0. The van der Waals surface area contributed by atoms with E-state index in [4.69, 9.17) is 6.58 Å². The van der Waals surface area contributed by atoms with E-state index >= 15 is 0 Å². The highest BCUT2D eigenvalue weighted by Crippen LogP contribution is 2.05. The van der Waals surface area contributed by atoms with Crippen molar-refractivity contribution < 1.29 is 0 Å². The van der Waals surface area contributed by atoms with Gasteiger partial charge in [0.2, 0.25) is 0 Å². The Bertz CT molecular complexity index is 62.6. The highest BCUT2D eigenvalue weighted by Gasteiger charge is 2.04. The molecule has 39 valence electrons. The van der Waals surface area contributed by atoms with Gasteiger partial charge in [0.15, 0.2) is 0 Å². The molecular formula is C6H10N. The van der Waals surface area contributed by atoms with Gasteiger partial charge in [0.25, 0.3) is 0 Å². The van der Waals surface area contributed by atoms with E-state index in [1.165, 1.54) is 12.8 Å². The van der Waals surface area contributed by atoms with Crippen LogP contribution in [0.2, 0.25) is 0 Å². The summed E-state index contributed by atoms with van der Waals surface area (Å²) >= 11 is 0. The van der Waals surface area contributed by atoms with Gasteiger partial charge in [0.1, 0.15) is 0 Å². The summed E-state index contributed by atoms with van der Waals surface area (Å²) in [5.41, 5.74) is 0. The Morgan fingerprint density at radius 3 is 2.14 bits per heavy atom. The summed E-state index contributed by atoms with van der Waals surface area (Å²) in [5, 5.41) is 0. The van der Waals surface area contributed by atoms with Crippen LogP contribution in [0.15, 0.2) is 6.20 Å². The Balaban J connectivity index is 2.26. The fraction of sp³-hybridized carbons (Fsp3) is 0.667. The molecule has 1 heteroatoms. The predicted octanol–water partition coefficient (Wildman–Crippen LogP) is 1.03. The molecule has 1 heterocycles. The normalized spacial score (nSPS) is 20.3. The molecule has 0 unspecified atom stereocenters. The molecule has 1 aliphatic heterocycles. The van der Waals surface area contributed by atoms with Crippen molar-refractivity contribution in [2.75, 3.05) is 13.1 Å². The molecule has 0 aromatic rings. The zero-order valence-corrected chi connectivity index (χ0v) is 4.43. The molecule has 0 aromatic carbocycles. The minimum absolute atomic E-state index is 1.16. The molecule has 1 nitrogen and oxygen atoms in total. The maximum atomic E-state index is 5.23. The van der Waals surface area contributed by atoms with Gasteiger partial charge in [-0.15, -0.1) is 0 Å². The van der Waals surface area contributed by atoms with Gasteiger partial charge in [-0.2, -0.15) is 0 Å². The van der Waals surface area contributed by atoms with Crippen molar-refractivity contribution in [3.05, 3.63) is 12.8 Å². The SMILES string of the molecule is [CH]=CN1CCCC1. The Morgan fingerprint density at radius 2 is 1.86 bits per heavy atom. The lowest BCUT2D eigenvalue weighted by Crippen LogP contribution is -2.09. The molecule has 0 amide bonds. The van der Waals surface area contributed by atoms with Crippen molar-refractivity contribution in [1.82, 2.24) is 4.90 Å². The molecule has 0 aliphatic carbocycles. The molecule has 1 radical (unpaired) electrons.